The lowest BCUT2D eigenvalue weighted by atomic mass is 10.0. The van der Waals surface area contributed by atoms with Crippen LogP contribution in [0.2, 0.25) is 0 Å². The predicted molar refractivity (Wildman–Crippen MR) is 105 cm³/mol. The van der Waals surface area contributed by atoms with E-state index < -0.39 is 5.69 Å². The Hall–Kier alpha value is -3.14. The molecule has 0 radical (unpaired) electrons. The van der Waals surface area contributed by atoms with Crippen molar-refractivity contribution in [1.82, 2.24) is 24.7 Å². The number of carbonyl (C=O) groups is 1. The zero-order valence-corrected chi connectivity index (χ0v) is 16.4. The minimum atomic E-state index is -0.420. The Labute approximate surface area is 170 Å². The molecule has 1 amide bonds. The van der Waals surface area contributed by atoms with E-state index in [-0.39, 0.29) is 18.5 Å². The molecule has 1 unspecified atom stereocenters. The van der Waals surface area contributed by atoms with Crippen molar-refractivity contribution in [2.75, 3.05) is 19.8 Å². The van der Waals surface area contributed by atoms with Crippen molar-refractivity contribution in [2.24, 2.45) is 0 Å². The van der Waals surface area contributed by atoms with Crippen LogP contribution in [0.4, 0.5) is 0 Å². The third-order valence-electron chi connectivity index (χ3n) is 5.16. The average molecular weight is 413 g/mol. The molecule has 2 aromatic heterocycles. The number of benzene rings is 1. The number of nitrogens with zero attached hydrogens (tertiary/aromatic N) is 5. The van der Waals surface area contributed by atoms with Crippen LogP contribution in [0.5, 0.6) is 11.5 Å². The van der Waals surface area contributed by atoms with E-state index in [1.165, 1.54) is 16.0 Å². The van der Waals surface area contributed by atoms with E-state index in [1.54, 1.807) is 6.07 Å². The molecule has 0 N–H and O–H groups in total. The van der Waals surface area contributed by atoms with Gasteiger partial charge in [-0.05, 0) is 58.5 Å². The molecule has 1 aromatic carbocycles. The Kier molecular flexibility index (Phi) is 4.55. The highest BCUT2D eigenvalue weighted by atomic mass is 32.1. The van der Waals surface area contributed by atoms with E-state index in [9.17, 15) is 9.59 Å². The lowest BCUT2D eigenvalue weighted by molar-refractivity contribution is -0.133. The third kappa shape index (κ3) is 3.29. The topological polar surface area (TPSA) is 91.5 Å². The molecule has 4 heterocycles. The zero-order valence-electron chi connectivity index (χ0n) is 15.6. The van der Waals surface area contributed by atoms with Gasteiger partial charge in [0.1, 0.15) is 24.8 Å². The summed E-state index contributed by atoms with van der Waals surface area (Å²) in [6.07, 6.45) is 1.77. The van der Waals surface area contributed by atoms with E-state index in [1.807, 2.05) is 34.5 Å². The highest BCUT2D eigenvalue weighted by Gasteiger charge is 2.31. The summed E-state index contributed by atoms with van der Waals surface area (Å²) in [5.41, 5.74) is 0.588. The van der Waals surface area contributed by atoms with Gasteiger partial charge in [-0.15, -0.1) is 11.3 Å². The molecule has 1 fully saturated rings. The molecule has 29 heavy (non-hydrogen) atoms. The smallest absolute Gasteiger partial charge is 0.369 e. The molecular formula is C19H19N5O4S. The van der Waals surface area contributed by atoms with Gasteiger partial charge in [-0.2, -0.15) is 9.36 Å². The number of rotatable bonds is 4. The quantitative estimate of drug-likeness (QED) is 0.646. The van der Waals surface area contributed by atoms with Gasteiger partial charge in [0.25, 0.3) is 0 Å². The summed E-state index contributed by atoms with van der Waals surface area (Å²) in [7, 11) is 0. The van der Waals surface area contributed by atoms with Crippen molar-refractivity contribution in [2.45, 2.75) is 25.4 Å². The maximum Gasteiger partial charge on any atom is 0.369 e. The minimum Gasteiger partial charge on any atom is -0.486 e. The van der Waals surface area contributed by atoms with Crippen LogP contribution >= 0.6 is 11.3 Å². The Bertz CT molecular complexity index is 1090. The first kappa shape index (κ1) is 17.9. The van der Waals surface area contributed by atoms with Crippen molar-refractivity contribution in [3.05, 3.63) is 51.8 Å². The fourth-order valence-electron chi connectivity index (χ4n) is 3.80. The number of carbonyl (C=O) groups excluding carboxylic acids is 1. The zero-order chi connectivity index (χ0) is 19.8. The Morgan fingerprint density at radius 1 is 1.17 bits per heavy atom. The van der Waals surface area contributed by atoms with Gasteiger partial charge in [0.15, 0.2) is 11.5 Å². The fraction of sp³-hybridized carbons (Fsp3) is 0.368. The molecule has 0 spiro atoms. The van der Waals surface area contributed by atoms with E-state index in [0.29, 0.717) is 30.5 Å². The molecule has 0 aliphatic carbocycles. The van der Waals surface area contributed by atoms with Crippen LogP contribution in [0, 0.1) is 0 Å². The van der Waals surface area contributed by atoms with Crippen molar-refractivity contribution < 1.29 is 14.3 Å². The van der Waals surface area contributed by atoms with Crippen LogP contribution in [0.15, 0.2) is 40.5 Å². The predicted octanol–water partition coefficient (Wildman–Crippen LogP) is 1.63. The van der Waals surface area contributed by atoms with Crippen LogP contribution in [0.25, 0.3) is 5.00 Å². The van der Waals surface area contributed by atoms with E-state index in [2.05, 4.69) is 10.4 Å². The highest BCUT2D eigenvalue weighted by molar-refractivity contribution is 7.12. The van der Waals surface area contributed by atoms with Gasteiger partial charge in [-0.25, -0.2) is 4.79 Å². The Balaban J connectivity index is 1.35. The van der Waals surface area contributed by atoms with Crippen molar-refractivity contribution in [3.63, 3.8) is 0 Å². The number of ether oxygens (including phenoxy) is 2. The van der Waals surface area contributed by atoms with Crippen LogP contribution in [-0.2, 0) is 11.3 Å². The van der Waals surface area contributed by atoms with Gasteiger partial charge in [-0.1, -0.05) is 6.07 Å². The van der Waals surface area contributed by atoms with Gasteiger partial charge >= 0.3 is 5.69 Å². The standard InChI is InChI=1S/C19H19N5O4S/c25-17(12-23-19(26)24(21-20-23)18-4-2-10-29-18)22-7-1-3-14(22)13-5-6-15-16(11-13)28-9-8-27-15/h2,4-6,10-11,14H,1,3,7-9,12H2. The lowest BCUT2D eigenvalue weighted by Crippen LogP contribution is -2.36. The van der Waals surface area contributed by atoms with Crippen LogP contribution in [0.3, 0.4) is 0 Å². The van der Waals surface area contributed by atoms with E-state index in [0.717, 1.165) is 28.8 Å². The summed E-state index contributed by atoms with van der Waals surface area (Å²) < 4.78 is 13.6. The highest BCUT2D eigenvalue weighted by Crippen LogP contribution is 2.38. The summed E-state index contributed by atoms with van der Waals surface area (Å²) in [4.78, 5) is 27.3. The Morgan fingerprint density at radius 3 is 2.86 bits per heavy atom. The number of hydrogen-bond donors (Lipinski definition) is 0. The molecule has 2 aliphatic heterocycles. The molecule has 0 bridgehead atoms. The number of aromatic nitrogens is 4. The van der Waals surface area contributed by atoms with Crippen LogP contribution in [0.1, 0.15) is 24.4 Å². The first-order valence-corrected chi connectivity index (χ1v) is 10.3. The Morgan fingerprint density at radius 2 is 2.03 bits per heavy atom. The van der Waals surface area contributed by atoms with E-state index in [4.69, 9.17) is 9.47 Å². The molecule has 1 atom stereocenters. The van der Waals surface area contributed by atoms with Gasteiger partial charge in [0, 0.05) is 6.54 Å². The van der Waals surface area contributed by atoms with E-state index >= 15 is 0 Å². The molecule has 150 valence electrons. The molecule has 9 nitrogen and oxygen atoms in total. The third-order valence-corrected chi connectivity index (χ3v) is 6.01. The second-order valence-corrected chi connectivity index (χ2v) is 7.86. The number of tetrazole rings is 1. The maximum atomic E-state index is 13.0. The number of thiophene rings is 1. The monoisotopic (exact) mass is 413 g/mol. The van der Waals surface area contributed by atoms with Crippen molar-refractivity contribution in [1.29, 1.82) is 0 Å². The average Bonchev–Trinajstić information content (AvgIpc) is 3.49. The molecule has 10 heteroatoms. The van der Waals surface area contributed by atoms with Crippen LogP contribution < -0.4 is 15.2 Å². The molecule has 0 saturated carbocycles. The fourth-order valence-corrected chi connectivity index (χ4v) is 4.47. The van der Waals surface area contributed by atoms with Gasteiger partial charge in [0.05, 0.1) is 6.04 Å². The van der Waals surface area contributed by atoms with Gasteiger partial charge in [-0.3, -0.25) is 4.79 Å². The molecule has 3 aromatic rings. The maximum absolute atomic E-state index is 13.0. The second kappa shape index (κ2) is 7.36. The summed E-state index contributed by atoms with van der Waals surface area (Å²) in [6, 6.07) is 9.38. The first-order valence-electron chi connectivity index (χ1n) is 9.46. The van der Waals surface area contributed by atoms with Crippen LogP contribution in [-0.4, -0.2) is 50.4 Å². The molecule has 1 saturated heterocycles. The number of hydrogen-bond acceptors (Lipinski definition) is 7. The first-order chi connectivity index (χ1) is 14.2. The molecule has 5 rings (SSSR count). The van der Waals surface area contributed by atoms with Gasteiger partial charge in [0.2, 0.25) is 5.91 Å². The lowest BCUT2D eigenvalue weighted by Gasteiger charge is -2.26. The molecular weight excluding hydrogens is 394 g/mol. The minimum absolute atomic E-state index is 0.0543. The SMILES string of the molecule is O=C(Cn1nnn(-c2cccs2)c1=O)N1CCCC1c1ccc2c(c1)OCCO2. The summed E-state index contributed by atoms with van der Waals surface area (Å²) >= 11 is 1.39. The summed E-state index contributed by atoms with van der Waals surface area (Å²) in [6.45, 7) is 1.57. The number of fused-ring (bicyclic) bond motifs is 1. The largest absolute Gasteiger partial charge is 0.486 e. The van der Waals surface area contributed by atoms with Crippen molar-refractivity contribution in [3.8, 4) is 16.5 Å². The number of amides is 1. The summed E-state index contributed by atoms with van der Waals surface area (Å²) in [5, 5.41) is 10.3. The summed E-state index contributed by atoms with van der Waals surface area (Å²) in [5.74, 6) is 1.29. The van der Waals surface area contributed by atoms with Crippen molar-refractivity contribution >= 4 is 17.2 Å². The van der Waals surface area contributed by atoms with Gasteiger partial charge < -0.3 is 14.4 Å². The number of likely N-dealkylation sites (tertiary alicyclic amines) is 1. The molecule has 2 aliphatic rings. The second-order valence-electron chi connectivity index (χ2n) is 6.93. The normalized spacial score (nSPS) is 18.2.